The molecule has 0 radical (unpaired) electrons. The van der Waals surface area contributed by atoms with Crippen LogP contribution in [0.5, 0.6) is 0 Å². The van der Waals surface area contributed by atoms with Gasteiger partial charge in [0.15, 0.2) is 9.84 Å². The van der Waals surface area contributed by atoms with E-state index in [2.05, 4.69) is 0 Å². The second kappa shape index (κ2) is 6.70. The van der Waals surface area contributed by atoms with E-state index in [0.29, 0.717) is 25.2 Å². The van der Waals surface area contributed by atoms with Crippen LogP contribution in [0.25, 0.3) is 0 Å². The van der Waals surface area contributed by atoms with Gasteiger partial charge in [0, 0.05) is 18.0 Å². The van der Waals surface area contributed by atoms with Gasteiger partial charge in [-0.2, -0.15) is 0 Å². The minimum absolute atomic E-state index is 0.0806. The summed E-state index contributed by atoms with van der Waals surface area (Å²) in [6.45, 7) is 2.89. The number of carboxylic acids is 1. The molecule has 5 nitrogen and oxygen atoms in total. The second-order valence-corrected chi connectivity index (χ2v) is 8.49. The third-order valence-corrected chi connectivity index (χ3v) is 6.07. The lowest BCUT2D eigenvalue weighted by molar-refractivity contribution is 0.0694. The molecule has 2 rings (SSSR count). The third kappa shape index (κ3) is 3.91. The van der Waals surface area contributed by atoms with Gasteiger partial charge in [-0.1, -0.05) is 13.0 Å². The molecule has 1 aromatic rings. The van der Waals surface area contributed by atoms with Gasteiger partial charge in [-0.25, -0.2) is 13.2 Å². The molecule has 0 unspecified atom stereocenters. The topological polar surface area (TPSA) is 74.7 Å². The minimum Gasteiger partial charge on any atom is -0.478 e. The van der Waals surface area contributed by atoms with E-state index in [1.54, 1.807) is 12.1 Å². The maximum absolute atomic E-state index is 11.7. The molecule has 0 spiro atoms. The fourth-order valence-electron chi connectivity index (χ4n) is 2.45. The summed E-state index contributed by atoms with van der Waals surface area (Å²) < 4.78 is 23.4. The summed E-state index contributed by atoms with van der Waals surface area (Å²) >= 11 is 1.49. The molecule has 0 aliphatic carbocycles. The molecular formula is C14H19NO4S2. The van der Waals surface area contributed by atoms with Gasteiger partial charge in [0.25, 0.3) is 0 Å². The molecule has 0 amide bonds. The summed E-state index contributed by atoms with van der Waals surface area (Å²) in [6.07, 6.45) is 0.534. The second-order valence-electron chi connectivity index (χ2n) is 4.88. The van der Waals surface area contributed by atoms with Crippen molar-refractivity contribution in [2.45, 2.75) is 18.2 Å². The third-order valence-electron chi connectivity index (χ3n) is 3.41. The molecular weight excluding hydrogens is 310 g/mol. The first kappa shape index (κ1) is 16.2. The number of nitrogens with zero attached hydrogens (tertiary/aromatic N) is 1. The zero-order valence-corrected chi connectivity index (χ0v) is 13.5. The zero-order chi connectivity index (χ0) is 15.5. The summed E-state index contributed by atoms with van der Waals surface area (Å²) in [5, 5.41) is 9.52. The van der Waals surface area contributed by atoms with Crippen LogP contribution in [0.2, 0.25) is 0 Å². The SMILES string of the molecule is CCSc1cccc(N2CCCS(=O)(=O)CC2)c1C(=O)O. The Hall–Kier alpha value is -1.21. The van der Waals surface area contributed by atoms with Gasteiger partial charge in [0.1, 0.15) is 0 Å². The lowest BCUT2D eigenvalue weighted by atomic mass is 10.1. The fraction of sp³-hybridized carbons (Fsp3) is 0.500. The van der Waals surface area contributed by atoms with E-state index in [-0.39, 0.29) is 17.1 Å². The van der Waals surface area contributed by atoms with Crippen LogP contribution in [0.3, 0.4) is 0 Å². The molecule has 1 aromatic carbocycles. The number of carboxylic acid groups (broad SMARTS) is 1. The first-order chi connectivity index (χ1) is 9.94. The highest BCUT2D eigenvalue weighted by Crippen LogP contribution is 2.31. The Morgan fingerprint density at radius 2 is 2.10 bits per heavy atom. The first-order valence-corrected chi connectivity index (χ1v) is 9.70. The molecule has 1 saturated heterocycles. The van der Waals surface area contributed by atoms with Crippen LogP contribution in [-0.4, -0.2) is 49.8 Å². The summed E-state index contributed by atoms with van der Waals surface area (Å²) in [4.78, 5) is 14.2. The van der Waals surface area contributed by atoms with Gasteiger partial charge in [0.05, 0.1) is 22.8 Å². The molecule has 0 aromatic heterocycles. The highest BCUT2D eigenvalue weighted by molar-refractivity contribution is 7.99. The summed E-state index contributed by atoms with van der Waals surface area (Å²) in [6, 6.07) is 5.40. The number of carbonyl (C=O) groups is 1. The van der Waals surface area contributed by atoms with Gasteiger partial charge < -0.3 is 10.0 Å². The average molecular weight is 329 g/mol. The van der Waals surface area contributed by atoms with E-state index < -0.39 is 15.8 Å². The molecule has 1 aliphatic rings. The highest BCUT2D eigenvalue weighted by atomic mass is 32.2. The first-order valence-electron chi connectivity index (χ1n) is 6.89. The van der Waals surface area contributed by atoms with Gasteiger partial charge in [0.2, 0.25) is 0 Å². The number of hydrogen-bond donors (Lipinski definition) is 1. The van der Waals surface area contributed by atoms with Crippen molar-refractivity contribution in [1.82, 2.24) is 0 Å². The number of rotatable bonds is 4. The molecule has 116 valence electrons. The smallest absolute Gasteiger partial charge is 0.338 e. The Labute approximate surface area is 129 Å². The van der Waals surface area contributed by atoms with Crippen molar-refractivity contribution in [3.05, 3.63) is 23.8 Å². The monoisotopic (exact) mass is 329 g/mol. The van der Waals surface area contributed by atoms with Gasteiger partial charge in [-0.05, 0) is 24.3 Å². The maximum atomic E-state index is 11.7. The highest BCUT2D eigenvalue weighted by Gasteiger charge is 2.24. The summed E-state index contributed by atoms with van der Waals surface area (Å²) in [5.74, 6) is 0.0820. The molecule has 1 N–H and O–H groups in total. The van der Waals surface area contributed by atoms with Crippen LogP contribution in [0.15, 0.2) is 23.1 Å². The Balaban J connectivity index is 2.38. The Morgan fingerprint density at radius 1 is 1.33 bits per heavy atom. The molecule has 1 heterocycles. The Kier molecular flexibility index (Phi) is 5.16. The number of hydrogen-bond acceptors (Lipinski definition) is 5. The Morgan fingerprint density at radius 3 is 2.76 bits per heavy atom. The summed E-state index contributed by atoms with van der Waals surface area (Å²) in [5.41, 5.74) is 0.904. The largest absolute Gasteiger partial charge is 0.478 e. The van der Waals surface area contributed by atoms with Crippen LogP contribution in [0.1, 0.15) is 23.7 Å². The lowest BCUT2D eigenvalue weighted by Crippen LogP contribution is -2.28. The minimum atomic E-state index is -3.01. The van der Waals surface area contributed by atoms with Crippen LogP contribution >= 0.6 is 11.8 Å². The predicted octanol–water partition coefficient (Wildman–Crippen LogP) is 2.12. The van der Waals surface area contributed by atoms with Crippen LogP contribution in [-0.2, 0) is 9.84 Å². The zero-order valence-electron chi connectivity index (χ0n) is 11.9. The van der Waals surface area contributed by atoms with Gasteiger partial charge >= 0.3 is 5.97 Å². The standard InChI is InChI=1S/C14H19NO4S2/c1-2-20-12-6-3-5-11(13(12)14(16)17)15-7-4-9-21(18,19)10-8-15/h3,5-6H,2,4,7-10H2,1H3,(H,16,17). The quantitative estimate of drug-likeness (QED) is 0.853. The molecule has 21 heavy (non-hydrogen) atoms. The number of thioether (sulfide) groups is 1. The van der Waals surface area contributed by atoms with Crippen molar-refractivity contribution < 1.29 is 18.3 Å². The molecule has 1 fully saturated rings. The molecule has 0 atom stereocenters. The number of benzene rings is 1. The predicted molar refractivity (Wildman–Crippen MR) is 85.3 cm³/mol. The molecule has 0 saturated carbocycles. The van der Waals surface area contributed by atoms with E-state index in [1.807, 2.05) is 17.9 Å². The normalized spacial score (nSPS) is 18.2. The van der Waals surface area contributed by atoms with Crippen molar-refractivity contribution >= 4 is 33.3 Å². The van der Waals surface area contributed by atoms with E-state index in [4.69, 9.17) is 0 Å². The van der Waals surface area contributed by atoms with Crippen molar-refractivity contribution in [1.29, 1.82) is 0 Å². The summed E-state index contributed by atoms with van der Waals surface area (Å²) in [7, 11) is -3.01. The number of anilines is 1. The lowest BCUT2D eigenvalue weighted by Gasteiger charge is -2.25. The molecule has 0 bridgehead atoms. The van der Waals surface area contributed by atoms with Crippen LogP contribution in [0, 0.1) is 0 Å². The van der Waals surface area contributed by atoms with Crippen molar-refractivity contribution in [2.24, 2.45) is 0 Å². The fourth-order valence-corrected chi connectivity index (χ4v) is 4.55. The van der Waals surface area contributed by atoms with E-state index in [0.717, 1.165) is 10.6 Å². The van der Waals surface area contributed by atoms with Gasteiger partial charge in [-0.3, -0.25) is 0 Å². The van der Waals surface area contributed by atoms with Crippen LogP contribution in [0.4, 0.5) is 5.69 Å². The van der Waals surface area contributed by atoms with E-state index in [1.165, 1.54) is 11.8 Å². The van der Waals surface area contributed by atoms with Crippen molar-refractivity contribution in [3.63, 3.8) is 0 Å². The van der Waals surface area contributed by atoms with Gasteiger partial charge in [-0.15, -0.1) is 11.8 Å². The number of sulfone groups is 1. The molecule has 1 aliphatic heterocycles. The maximum Gasteiger partial charge on any atom is 0.338 e. The Bertz CT molecular complexity index is 628. The van der Waals surface area contributed by atoms with E-state index in [9.17, 15) is 18.3 Å². The van der Waals surface area contributed by atoms with E-state index >= 15 is 0 Å². The average Bonchev–Trinajstić information content (AvgIpc) is 2.59. The van der Waals surface area contributed by atoms with Crippen LogP contribution < -0.4 is 4.90 Å². The van der Waals surface area contributed by atoms with Crippen molar-refractivity contribution in [2.75, 3.05) is 35.2 Å². The van der Waals surface area contributed by atoms with Crippen molar-refractivity contribution in [3.8, 4) is 0 Å². The number of aromatic carboxylic acids is 1. The molecule has 7 heteroatoms.